The maximum atomic E-state index is 11.6. The predicted molar refractivity (Wildman–Crippen MR) is 142 cm³/mol. The van der Waals surface area contributed by atoms with E-state index in [1.807, 2.05) is 48.5 Å². The number of hydrogen-bond acceptors (Lipinski definition) is 6. The first-order valence-electron chi connectivity index (χ1n) is 12.9. The first-order chi connectivity index (χ1) is 18.1. The normalized spacial score (nSPS) is 21.7. The zero-order valence-corrected chi connectivity index (χ0v) is 20.7. The Labute approximate surface area is 215 Å². The molecule has 190 valence electrons. The van der Waals surface area contributed by atoms with Crippen molar-refractivity contribution in [1.82, 2.24) is 19.4 Å². The van der Waals surface area contributed by atoms with Crippen molar-refractivity contribution in [3.05, 3.63) is 72.7 Å². The summed E-state index contributed by atoms with van der Waals surface area (Å²) in [6, 6.07) is 18.1. The van der Waals surface area contributed by atoms with Crippen LogP contribution in [0.4, 0.5) is 5.82 Å². The molecule has 2 aromatic carbocycles. The molecule has 3 N–H and O–H groups in total. The molecular weight excluding hydrogens is 466 g/mol. The maximum Gasteiger partial charge on any atom is 0.320 e. The van der Waals surface area contributed by atoms with Crippen LogP contribution in [0.1, 0.15) is 37.3 Å². The molecule has 2 aliphatic rings. The molecule has 1 aliphatic heterocycles. The topological polar surface area (TPSA) is 107 Å². The number of nitrogens with zero attached hydrogens (tertiary/aromatic N) is 4. The lowest BCUT2D eigenvalue weighted by atomic mass is 9.79. The second-order valence-electron chi connectivity index (χ2n) is 10.2. The summed E-state index contributed by atoms with van der Waals surface area (Å²) in [6.45, 7) is 2.22. The zero-order chi connectivity index (χ0) is 25.4. The third-order valence-corrected chi connectivity index (χ3v) is 7.78. The number of carboxylic acid groups (broad SMARTS) is 1. The molecule has 2 fully saturated rings. The van der Waals surface area contributed by atoms with Crippen LogP contribution in [0.2, 0.25) is 0 Å². The Morgan fingerprint density at radius 1 is 1.11 bits per heavy atom. The quantitative estimate of drug-likeness (QED) is 0.361. The van der Waals surface area contributed by atoms with Gasteiger partial charge in [-0.15, -0.1) is 0 Å². The van der Waals surface area contributed by atoms with Crippen LogP contribution in [0.3, 0.4) is 0 Å². The van der Waals surface area contributed by atoms with Crippen LogP contribution >= 0.6 is 0 Å². The van der Waals surface area contributed by atoms with E-state index in [-0.39, 0.29) is 6.04 Å². The third kappa shape index (κ3) is 4.64. The van der Waals surface area contributed by atoms with Gasteiger partial charge in [0, 0.05) is 24.3 Å². The molecule has 1 saturated heterocycles. The van der Waals surface area contributed by atoms with Crippen LogP contribution in [0.5, 0.6) is 5.75 Å². The molecule has 37 heavy (non-hydrogen) atoms. The molecule has 0 bridgehead atoms. The molecule has 0 unspecified atom stereocenters. The highest BCUT2D eigenvalue weighted by Crippen LogP contribution is 2.44. The number of likely N-dealkylation sites (tertiary alicyclic amines) is 1. The van der Waals surface area contributed by atoms with Gasteiger partial charge in [-0.25, -0.2) is 9.97 Å². The van der Waals surface area contributed by atoms with E-state index in [0.29, 0.717) is 24.4 Å². The highest BCUT2D eigenvalue weighted by Gasteiger charge is 2.37. The highest BCUT2D eigenvalue weighted by molar-refractivity contribution is 6.00. The minimum atomic E-state index is -0.698. The number of ether oxygens (including phenoxy) is 1. The van der Waals surface area contributed by atoms with Crippen molar-refractivity contribution < 1.29 is 14.6 Å². The summed E-state index contributed by atoms with van der Waals surface area (Å²) in [5, 5.41) is 10.4. The molecule has 3 heterocycles. The van der Waals surface area contributed by atoms with Crippen molar-refractivity contribution in [2.24, 2.45) is 5.92 Å². The SMILES string of the molecule is Nc1ncnc2c1c(-c1cccc(OCc3ccccc3)c1)cn2[C@H]1C[C@@H](CN2CCC[C@@H]2C(=O)O)C1. The number of hydrogen-bond donors (Lipinski definition) is 2. The van der Waals surface area contributed by atoms with Crippen LogP contribution in [0.25, 0.3) is 22.2 Å². The van der Waals surface area contributed by atoms with Crippen molar-refractivity contribution in [1.29, 1.82) is 0 Å². The van der Waals surface area contributed by atoms with Crippen molar-refractivity contribution in [3.63, 3.8) is 0 Å². The summed E-state index contributed by atoms with van der Waals surface area (Å²) in [4.78, 5) is 22.6. The number of carbonyl (C=O) groups is 1. The lowest BCUT2D eigenvalue weighted by Crippen LogP contribution is -2.42. The molecule has 6 rings (SSSR count). The number of aromatic nitrogens is 3. The number of rotatable bonds is 8. The third-order valence-electron chi connectivity index (χ3n) is 7.78. The number of fused-ring (bicyclic) bond motifs is 1. The number of benzene rings is 2. The van der Waals surface area contributed by atoms with E-state index >= 15 is 0 Å². The predicted octanol–water partition coefficient (Wildman–Crippen LogP) is 4.76. The molecular formula is C29H31N5O3. The van der Waals surface area contributed by atoms with Gasteiger partial charge in [0.1, 0.15) is 36.2 Å². The average molecular weight is 498 g/mol. The zero-order valence-electron chi connectivity index (χ0n) is 20.7. The largest absolute Gasteiger partial charge is 0.489 e. The molecule has 2 aromatic heterocycles. The van der Waals surface area contributed by atoms with Crippen molar-refractivity contribution in [3.8, 4) is 16.9 Å². The minimum absolute atomic E-state index is 0.305. The summed E-state index contributed by atoms with van der Waals surface area (Å²) in [5.74, 6) is 1.04. The molecule has 0 spiro atoms. The minimum Gasteiger partial charge on any atom is -0.489 e. The molecule has 1 saturated carbocycles. The van der Waals surface area contributed by atoms with Crippen LogP contribution in [0.15, 0.2) is 67.1 Å². The molecule has 4 aromatic rings. The number of anilines is 1. The van der Waals surface area contributed by atoms with Gasteiger partial charge in [-0.3, -0.25) is 9.69 Å². The van der Waals surface area contributed by atoms with Crippen LogP contribution in [0, 0.1) is 5.92 Å². The van der Waals surface area contributed by atoms with E-state index in [0.717, 1.165) is 72.2 Å². The Hall–Kier alpha value is -3.91. The Kier molecular flexibility index (Phi) is 6.26. The summed E-state index contributed by atoms with van der Waals surface area (Å²) < 4.78 is 8.30. The monoisotopic (exact) mass is 497 g/mol. The van der Waals surface area contributed by atoms with Gasteiger partial charge in [-0.1, -0.05) is 42.5 Å². The smallest absolute Gasteiger partial charge is 0.320 e. The van der Waals surface area contributed by atoms with Gasteiger partial charge in [-0.05, 0) is 61.4 Å². The second kappa shape index (κ2) is 9.86. The van der Waals surface area contributed by atoms with E-state index in [9.17, 15) is 9.90 Å². The Bertz CT molecular complexity index is 1410. The van der Waals surface area contributed by atoms with Gasteiger partial charge in [0.15, 0.2) is 0 Å². The fraction of sp³-hybridized carbons (Fsp3) is 0.345. The van der Waals surface area contributed by atoms with E-state index in [2.05, 4.69) is 31.7 Å². The molecule has 0 amide bonds. The molecule has 8 heteroatoms. The molecule has 0 radical (unpaired) electrons. The number of carboxylic acids is 1. The second-order valence-corrected chi connectivity index (χ2v) is 10.2. The van der Waals surface area contributed by atoms with Gasteiger partial charge in [0.05, 0.1) is 5.39 Å². The average Bonchev–Trinajstić information content (AvgIpc) is 3.51. The van der Waals surface area contributed by atoms with Crippen molar-refractivity contribution in [2.75, 3.05) is 18.8 Å². The highest BCUT2D eigenvalue weighted by atomic mass is 16.5. The van der Waals surface area contributed by atoms with Crippen LogP contribution in [-0.4, -0.2) is 49.6 Å². The summed E-state index contributed by atoms with van der Waals surface area (Å²) in [6.07, 6.45) is 7.37. The number of nitrogens with two attached hydrogens (primary N) is 1. The summed E-state index contributed by atoms with van der Waals surface area (Å²) >= 11 is 0. The van der Waals surface area contributed by atoms with Crippen LogP contribution in [-0.2, 0) is 11.4 Å². The Morgan fingerprint density at radius 2 is 1.95 bits per heavy atom. The fourth-order valence-corrected chi connectivity index (χ4v) is 5.83. The van der Waals surface area contributed by atoms with Crippen LogP contribution < -0.4 is 10.5 Å². The molecule has 1 atom stereocenters. The standard InChI is InChI=1S/C29H31N5O3/c30-27-26-24(21-8-4-9-23(14-21)37-17-19-6-2-1-3-7-19)16-34(28(26)32-18-31-27)22-12-20(13-22)15-33-11-5-10-25(33)29(35)36/h1-4,6-9,14,16,18,20,22,25H,5,10-13,15,17H2,(H,35,36)(H2,30,31,32)/t20-,22+,25-/m1/s1. The number of nitrogen functional groups attached to an aromatic ring is 1. The fourth-order valence-electron chi connectivity index (χ4n) is 5.83. The van der Waals surface area contributed by atoms with Gasteiger partial charge < -0.3 is 20.1 Å². The first-order valence-corrected chi connectivity index (χ1v) is 12.9. The van der Waals surface area contributed by atoms with E-state index in [4.69, 9.17) is 10.5 Å². The lowest BCUT2D eigenvalue weighted by Gasteiger charge is -2.39. The van der Waals surface area contributed by atoms with Crippen molar-refractivity contribution >= 4 is 22.8 Å². The van der Waals surface area contributed by atoms with Gasteiger partial charge >= 0.3 is 5.97 Å². The maximum absolute atomic E-state index is 11.6. The summed E-state index contributed by atoms with van der Waals surface area (Å²) in [7, 11) is 0. The molecule has 1 aliphatic carbocycles. The Balaban J connectivity index is 1.22. The van der Waals surface area contributed by atoms with E-state index < -0.39 is 5.97 Å². The van der Waals surface area contributed by atoms with Gasteiger partial charge in [0.2, 0.25) is 0 Å². The van der Waals surface area contributed by atoms with Gasteiger partial charge in [-0.2, -0.15) is 0 Å². The van der Waals surface area contributed by atoms with Crippen molar-refractivity contribution in [2.45, 2.75) is 44.4 Å². The van der Waals surface area contributed by atoms with E-state index in [1.54, 1.807) is 0 Å². The van der Waals surface area contributed by atoms with Gasteiger partial charge in [0.25, 0.3) is 0 Å². The summed E-state index contributed by atoms with van der Waals surface area (Å²) in [5.41, 5.74) is 10.3. The number of aliphatic carboxylic acids is 1. The lowest BCUT2D eigenvalue weighted by molar-refractivity contribution is -0.142. The molecule has 8 nitrogen and oxygen atoms in total. The van der Waals surface area contributed by atoms with E-state index in [1.165, 1.54) is 6.33 Å². The first kappa shape index (κ1) is 23.5. The Morgan fingerprint density at radius 3 is 2.76 bits per heavy atom.